The van der Waals surface area contributed by atoms with Crippen LogP contribution in [0.25, 0.3) is 10.9 Å². The van der Waals surface area contributed by atoms with Gasteiger partial charge in [0.05, 0.1) is 16.7 Å². The number of anilines is 2. The Morgan fingerprint density at radius 2 is 2.12 bits per heavy atom. The van der Waals surface area contributed by atoms with Gasteiger partial charge in [-0.3, -0.25) is 4.79 Å². The summed E-state index contributed by atoms with van der Waals surface area (Å²) in [6, 6.07) is 11.2. The molecule has 0 spiro atoms. The minimum atomic E-state index is -0.0954. The van der Waals surface area contributed by atoms with Gasteiger partial charge in [-0.15, -0.1) is 0 Å². The summed E-state index contributed by atoms with van der Waals surface area (Å²) in [5, 5.41) is 4.40. The molecular weight excluding hydrogens is 348 g/mol. The molecule has 3 heterocycles. The number of aromatic amines is 1. The molecular formula is C19H20N4O2S. The summed E-state index contributed by atoms with van der Waals surface area (Å²) >= 11 is 1.84. The Labute approximate surface area is 155 Å². The van der Waals surface area contributed by atoms with E-state index >= 15 is 0 Å². The van der Waals surface area contributed by atoms with Crippen molar-refractivity contribution < 1.29 is 4.74 Å². The summed E-state index contributed by atoms with van der Waals surface area (Å²) in [5.41, 5.74) is 1.46. The SMILES string of the molecule is O=c1[nH]c(CSC2CCOCC2)nc2cc(Nc3ccccn3)ccc12. The number of fused-ring (bicyclic) bond motifs is 1. The molecule has 2 N–H and O–H groups in total. The third-order valence-electron chi connectivity index (χ3n) is 4.32. The van der Waals surface area contributed by atoms with Crippen molar-refractivity contribution >= 4 is 34.2 Å². The quantitative estimate of drug-likeness (QED) is 0.718. The average Bonchev–Trinajstić information content (AvgIpc) is 2.68. The highest BCUT2D eigenvalue weighted by molar-refractivity contribution is 7.99. The van der Waals surface area contributed by atoms with Gasteiger partial charge < -0.3 is 15.0 Å². The van der Waals surface area contributed by atoms with Crippen LogP contribution in [-0.4, -0.2) is 33.4 Å². The molecule has 0 atom stereocenters. The summed E-state index contributed by atoms with van der Waals surface area (Å²) in [5.74, 6) is 2.18. The van der Waals surface area contributed by atoms with E-state index in [0.717, 1.165) is 37.6 Å². The Bertz CT molecular complexity index is 939. The maximum atomic E-state index is 12.4. The second kappa shape index (κ2) is 7.88. The number of benzene rings is 1. The first-order valence-corrected chi connectivity index (χ1v) is 9.73. The van der Waals surface area contributed by atoms with Gasteiger partial charge in [0.2, 0.25) is 0 Å². The molecule has 1 fully saturated rings. The third kappa shape index (κ3) is 4.05. The van der Waals surface area contributed by atoms with Crippen LogP contribution in [0.3, 0.4) is 0 Å². The number of hydrogen-bond acceptors (Lipinski definition) is 6. The lowest BCUT2D eigenvalue weighted by atomic mass is 10.2. The van der Waals surface area contributed by atoms with Crippen LogP contribution in [0.5, 0.6) is 0 Å². The molecule has 6 nitrogen and oxygen atoms in total. The van der Waals surface area contributed by atoms with E-state index in [1.54, 1.807) is 12.3 Å². The summed E-state index contributed by atoms with van der Waals surface area (Å²) in [7, 11) is 0. The first-order valence-electron chi connectivity index (χ1n) is 8.68. The van der Waals surface area contributed by atoms with Crippen LogP contribution < -0.4 is 10.9 Å². The second-order valence-corrected chi connectivity index (χ2v) is 7.50. The zero-order chi connectivity index (χ0) is 17.8. The molecule has 7 heteroatoms. The van der Waals surface area contributed by atoms with Crippen LogP contribution in [0, 0.1) is 0 Å². The number of hydrogen-bond donors (Lipinski definition) is 2. The fourth-order valence-electron chi connectivity index (χ4n) is 2.96. The maximum absolute atomic E-state index is 12.4. The number of pyridine rings is 1. The van der Waals surface area contributed by atoms with E-state index in [9.17, 15) is 4.79 Å². The van der Waals surface area contributed by atoms with Crippen LogP contribution >= 0.6 is 11.8 Å². The molecule has 2 aromatic heterocycles. The lowest BCUT2D eigenvalue weighted by Gasteiger charge is -2.21. The number of H-pyrrole nitrogens is 1. The minimum absolute atomic E-state index is 0.0954. The largest absolute Gasteiger partial charge is 0.381 e. The third-order valence-corrected chi connectivity index (χ3v) is 5.70. The van der Waals surface area contributed by atoms with E-state index in [-0.39, 0.29) is 5.56 Å². The van der Waals surface area contributed by atoms with E-state index in [0.29, 0.717) is 27.7 Å². The molecule has 0 aliphatic carbocycles. The van der Waals surface area contributed by atoms with Crippen molar-refractivity contribution in [2.45, 2.75) is 23.8 Å². The number of ether oxygens (including phenoxy) is 1. The van der Waals surface area contributed by atoms with Crippen LogP contribution in [0.2, 0.25) is 0 Å². The van der Waals surface area contributed by atoms with E-state index in [2.05, 4.69) is 20.3 Å². The van der Waals surface area contributed by atoms with Gasteiger partial charge in [0.1, 0.15) is 11.6 Å². The van der Waals surface area contributed by atoms with Crippen LogP contribution in [-0.2, 0) is 10.5 Å². The van der Waals surface area contributed by atoms with E-state index in [1.807, 2.05) is 42.1 Å². The van der Waals surface area contributed by atoms with Crippen molar-refractivity contribution in [2.24, 2.45) is 0 Å². The van der Waals surface area contributed by atoms with Crippen LogP contribution in [0.4, 0.5) is 11.5 Å². The van der Waals surface area contributed by atoms with E-state index < -0.39 is 0 Å². The van der Waals surface area contributed by atoms with Crippen molar-refractivity contribution in [1.29, 1.82) is 0 Å². The molecule has 134 valence electrons. The van der Waals surface area contributed by atoms with Gasteiger partial charge in [0.15, 0.2) is 0 Å². The van der Waals surface area contributed by atoms with Crippen molar-refractivity contribution in [3.05, 3.63) is 58.8 Å². The summed E-state index contributed by atoms with van der Waals surface area (Å²) in [6.45, 7) is 1.64. The normalized spacial score (nSPS) is 15.2. The van der Waals surface area contributed by atoms with Gasteiger partial charge in [-0.1, -0.05) is 6.07 Å². The van der Waals surface area contributed by atoms with Crippen molar-refractivity contribution in [3.8, 4) is 0 Å². The number of nitrogens with zero attached hydrogens (tertiary/aromatic N) is 2. The molecule has 1 aromatic carbocycles. The van der Waals surface area contributed by atoms with Crippen LogP contribution in [0.15, 0.2) is 47.4 Å². The Hall–Kier alpha value is -2.38. The molecule has 1 saturated heterocycles. The first-order chi connectivity index (χ1) is 12.8. The molecule has 4 rings (SSSR count). The number of nitrogens with one attached hydrogen (secondary N) is 2. The summed E-state index contributed by atoms with van der Waals surface area (Å²) < 4.78 is 5.39. The highest BCUT2D eigenvalue weighted by Crippen LogP contribution is 2.25. The van der Waals surface area contributed by atoms with E-state index in [4.69, 9.17) is 4.74 Å². The van der Waals surface area contributed by atoms with Gasteiger partial charge in [-0.05, 0) is 43.2 Å². The molecule has 0 amide bonds. The molecule has 1 aliphatic rings. The fourth-order valence-corrected chi connectivity index (χ4v) is 4.01. The Morgan fingerprint density at radius 1 is 1.23 bits per heavy atom. The average molecular weight is 368 g/mol. The number of aromatic nitrogens is 3. The highest BCUT2D eigenvalue weighted by atomic mass is 32.2. The second-order valence-electron chi connectivity index (χ2n) is 6.21. The van der Waals surface area contributed by atoms with Crippen molar-refractivity contribution in [2.75, 3.05) is 18.5 Å². The zero-order valence-electron chi connectivity index (χ0n) is 14.3. The molecule has 0 radical (unpaired) electrons. The van der Waals surface area contributed by atoms with Gasteiger partial charge >= 0.3 is 0 Å². The molecule has 0 bridgehead atoms. The molecule has 3 aromatic rings. The predicted octanol–water partition coefficient (Wildman–Crippen LogP) is 3.47. The topological polar surface area (TPSA) is 79.9 Å². The molecule has 26 heavy (non-hydrogen) atoms. The Kier molecular flexibility index (Phi) is 5.17. The summed E-state index contributed by atoms with van der Waals surface area (Å²) in [6.07, 6.45) is 3.85. The lowest BCUT2D eigenvalue weighted by Crippen LogP contribution is -2.18. The van der Waals surface area contributed by atoms with E-state index in [1.165, 1.54) is 0 Å². The van der Waals surface area contributed by atoms with Gasteiger partial charge in [-0.2, -0.15) is 11.8 Å². The zero-order valence-corrected chi connectivity index (χ0v) is 15.1. The van der Waals surface area contributed by atoms with Gasteiger partial charge in [-0.25, -0.2) is 9.97 Å². The molecule has 1 aliphatic heterocycles. The predicted molar refractivity (Wildman–Crippen MR) is 105 cm³/mol. The first kappa shape index (κ1) is 17.1. The monoisotopic (exact) mass is 368 g/mol. The smallest absolute Gasteiger partial charge is 0.258 e. The molecule has 0 saturated carbocycles. The van der Waals surface area contributed by atoms with Crippen LogP contribution in [0.1, 0.15) is 18.7 Å². The van der Waals surface area contributed by atoms with Crippen molar-refractivity contribution in [3.63, 3.8) is 0 Å². The Balaban J connectivity index is 1.54. The number of thioether (sulfide) groups is 1. The van der Waals surface area contributed by atoms with Gasteiger partial charge in [0.25, 0.3) is 5.56 Å². The minimum Gasteiger partial charge on any atom is -0.381 e. The fraction of sp³-hybridized carbons (Fsp3) is 0.316. The Morgan fingerprint density at radius 3 is 2.92 bits per heavy atom. The van der Waals surface area contributed by atoms with Crippen molar-refractivity contribution in [1.82, 2.24) is 15.0 Å². The van der Waals surface area contributed by atoms with Gasteiger partial charge in [0, 0.05) is 30.3 Å². The maximum Gasteiger partial charge on any atom is 0.258 e. The number of rotatable bonds is 5. The standard InChI is InChI=1S/C19H20N4O2S/c24-19-15-5-4-13(21-17-3-1-2-8-20-17)11-16(15)22-18(23-19)12-26-14-6-9-25-10-7-14/h1-5,8,11,14H,6-7,9-10,12H2,(H,20,21)(H,22,23,24). The highest BCUT2D eigenvalue weighted by Gasteiger charge is 2.15. The molecule has 0 unspecified atom stereocenters. The summed E-state index contributed by atoms with van der Waals surface area (Å²) in [4.78, 5) is 24.2. The lowest BCUT2D eigenvalue weighted by molar-refractivity contribution is 0.1000.